The average Bonchev–Trinajstić information content (AvgIpc) is 2.30. The van der Waals surface area contributed by atoms with Crippen LogP contribution in [-0.2, 0) is 4.79 Å². The third kappa shape index (κ3) is 4.44. The van der Waals surface area contributed by atoms with E-state index in [1.807, 2.05) is 18.7 Å². The Bertz CT molecular complexity index is 256. The van der Waals surface area contributed by atoms with Crippen molar-refractivity contribution in [3.63, 3.8) is 0 Å². The van der Waals surface area contributed by atoms with Gasteiger partial charge in [-0.3, -0.25) is 4.79 Å². The van der Waals surface area contributed by atoms with Crippen LogP contribution in [0.25, 0.3) is 0 Å². The normalized spacial score (nSPS) is 16.8. The lowest BCUT2D eigenvalue weighted by Gasteiger charge is -2.24. The lowest BCUT2D eigenvalue weighted by molar-refractivity contribution is -0.131. The molecule has 1 heterocycles. The fraction of sp³-hybridized carbons (Fsp3) is 0.833. The first-order valence-electron chi connectivity index (χ1n) is 6.00. The van der Waals surface area contributed by atoms with Gasteiger partial charge in [0.15, 0.2) is 0 Å². The predicted molar refractivity (Wildman–Crippen MR) is 67.2 cm³/mol. The smallest absolute Gasteiger partial charge is 0.223 e. The zero-order valence-corrected chi connectivity index (χ0v) is 10.8. The van der Waals surface area contributed by atoms with Crippen LogP contribution < -0.4 is 0 Å². The first kappa shape index (κ1) is 13.4. The van der Waals surface area contributed by atoms with Gasteiger partial charge in [-0.05, 0) is 36.7 Å². The zero-order valence-electron chi connectivity index (χ0n) is 9.95. The van der Waals surface area contributed by atoms with Gasteiger partial charge in [-0.2, -0.15) is 17.0 Å². The van der Waals surface area contributed by atoms with E-state index in [-0.39, 0.29) is 12.5 Å². The molecule has 1 aliphatic rings. The second-order valence-corrected chi connectivity index (χ2v) is 5.46. The van der Waals surface area contributed by atoms with Gasteiger partial charge in [0.1, 0.15) is 6.54 Å². The van der Waals surface area contributed by atoms with Crippen molar-refractivity contribution in [2.75, 3.05) is 24.6 Å². The van der Waals surface area contributed by atoms with E-state index in [2.05, 4.69) is 6.07 Å². The molecule has 1 rings (SSSR count). The molecule has 90 valence electrons. The number of nitriles is 1. The number of nitrogens with zero attached hydrogens (tertiary/aromatic N) is 2. The second-order valence-electron chi connectivity index (χ2n) is 4.23. The predicted octanol–water partition coefficient (Wildman–Crippen LogP) is 2.28. The van der Waals surface area contributed by atoms with E-state index in [0.29, 0.717) is 18.9 Å². The first-order valence-corrected chi connectivity index (χ1v) is 7.15. The highest BCUT2D eigenvalue weighted by Gasteiger charge is 2.20. The van der Waals surface area contributed by atoms with Gasteiger partial charge in [0, 0.05) is 13.0 Å². The van der Waals surface area contributed by atoms with Gasteiger partial charge in [-0.1, -0.05) is 6.92 Å². The van der Waals surface area contributed by atoms with Gasteiger partial charge >= 0.3 is 0 Å². The Morgan fingerprint density at radius 1 is 1.50 bits per heavy atom. The van der Waals surface area contributed by atoms with Crippen molar-refractivity contribution in [1.29, 1.82) is 5.26 Å². The molecule has 1 saturated heterocycles. The second kappa shape index (κ2) is 7.56. The molecule has 0 bridgehead atoms. The number of carbonyl (C=O) groups is 1. The van der Waals surface area contributed by atoms with Crippen molar-refractivity contribution in [2.24, 2.45) is 5.92 Å². The van der Waals surface area contributed by atoms with Gasteiger partial charge in [0.05, 0.1) is 6.07 Å². The third-order valence-electron chi connectivity index (χ3n) is 2.91. The van der Waals surface area contributed by atoms with E-state index >= 15 is 0 Å². The maximum atomic E-state index is 12.0. The fourth-order valence-electron chi connectivity index (χ4n) is 1.97. The Morgan fingerprint density at radius 3 is 2.75 bits per heavy atom. The van der Waals surface area contributed by atoms with Crippen LogP contribution >= 0.6 is 11.8 Å². The molecule has 0 radical (unpaired) electrons. The summed E-state index contributed by atoms with van der Waals surface area (Å²) in [6.07, 6.45) is 3.88. The van der Waals surface area contributed by atoms with Crippen LogP contribution in [0.3, 0.4) is 0 Å². The molecule has 0 aromatic rings. The SMILES string of the molecule is CCCN(CC#N)C(=O)CC1CCSCC1. The third-order valence-corrected chi connectivity index (χ3v) is 3.96. The van der Waals surface area contributed by atoms with Gasteiger partial charge in [-0.25, -0.2) is 0 Å². The summed E-state index contributed by atoms with van der Waals surface area (Å²) in [5.74, 6) is 3.08. The van der Waals surface area contributed by atoms with Crippen LogP contribution in [0, 0.1) is 17.2 Å². The monoisotopic (exact) mass is 240 g/mol. The Kier molecular flexibility index (Phi) is 6.32. The average molecular weight is 240 g/mol. The minimum Gasteiger partial charge on any atom is -0.329 e. The van der Waals surface area contributed by atoms with E-state index in [1.54, 1.807) is 4.90 Å². The molecule has 1 aliphatic heterocycles. The zero-order chi connectivity index (χ0) is 11.8. The van der Waals surface area contributed by atoms with Crippen LogP contribution in [0.1, 0.15) is 32.6 Å². The molecule has 1 fully saturated rings. The summed E-state index contributed by atoms with van der Waals surface area (Å²) < 4.78 is 0. The molecule has 1 amide bonds. The number of hydrogen-bond donors (Lipinski definition) is 0. The van der Waals surface area contributed by atoms with Crippen LogP contribution in [0.2, 0.25) is 0 Å². The van der Waals surface area contributed by atoms with Gasteiger partial charge in [-0.15, -0.1) is 0 Å². The highest BCUT2D eigenvalue weighted by molar-refractivity contribution is 7.99. The molecule has 0 aliphatic carbocycles. The van der Waals surface area contributed by atoms with E-state index < -0.39 is 0 Å². The molecular formula is C12H20N2OS. The van der Waals surface area contributed by atoms with Gasteiger partial charge in [0.25, 0.3) is 0 Å². The summed E-state index contributed by atoms with van der Waals surface area (Å²) in [6, 6.07) is 2.07. The summed E-state index contributed by atoms with van der Waals surface area (Å²) in [5.41, 5.74) is 0. The molecule has 0 aromatic carbocycles. The van der Waals surface area contributed by atoms with Crippen molar-refractivity contribution in [3.8, 4) is 6.07 Å². The maximum Gasteiger partial charge on any atom is 0.223 e. The van der Waals surface area contributed by atoms with Crippen molar-refractivity contribution in [3.05, 3.63) is 0 Å². The molecule has 4 heteroatoms. The Hall–Kier alpha value is -0.690. The van der Waals surface area contributed by atoms with Crippen molar-refractivity contribution in [1.82, 2.24) is 4.90 Å². The Morgan fingerprint density at radius 2 is 2.19 bits per heavy atom. The molecule has 3 nitrogen and oxygen atoms in total. The van der Waals surface area contributed by atoms with E-state index in [4.69, 9.17) is 5.26 Å². The minimum atomic E-state index is 0.167. The minimum absolute atomic E-state index is 0.167. The van der Waals surface area contributed by atoms with Crippen molar-refractivity contribution < 1.29 is 4.79 Å². The molecule has 0 atom stereocenters. The Labute approximate surface area is 102 Å². The van der Waals surface area contributed by atoms with Crippen LogP contribution in [-0.4, -0.2) is 35.4 Å². The van der Waals surface area contributed by atoms with Crippen LogP contribution in [0.4, 0.5) is 0 Å². The van der Waals surface area contributed by atoms with E-state index in [9.17, 15) is 4.79 Å². The molecule has 0 aromatic heterocycles. The summed E-state index contributed by atoms with van der Waals surface area (Å²) in [4.78, 5) is 13.7. The number of carbonyl (C=O) groups excluding carboxylic acids is 1. The number of rotatable bonds is 5. The number of thioether (sulfide) groups is 1. The molecule has 16 heavy (non-hydrogen) atoms. The van der Waals surface area contributed by atoms with Crippen LogP contribution in [0.5, 0.6) is 0 Å². The van der Waals surface area contributed by atoms with Crippen molar-refractivity contribution in [2.45, 2.75) is 32.6 Å². The van der Waals surface area contributed by atoms with E-state index in [1.165, 1.54) is 11.5 Å². The van der Waals surface area contributed by atoms with Gasteiger partial charge < -0.3 is 4.90 Å². The lowest BCUT2D eigenvalue weighted by atomic mass is 9.98. The highest BCUT2D eigenvalue weighted by Crippen LogP contribution is 2.25. The fourth-order valence-corrected chi connectivity index (χ4v) is 3.18. The first-order chi connectivity index (χ1) is 7.77. The van der Waals surface area contributed by atoms with Gasteiger partial charge in [0.2, 0.25) is 5.91 Å². The standard InChI is InChI=1S/C12H20N2OS/c1-2-6-14(7-5-13)12(15)10-11-3-8-16-9-4-11/h11H,2-4,6-10H2,1H3. The molecule has 0 unspecified atom stereocenters. The molecule has 0 N–H and O–H groups in total. The maximum absolute atomic E-state index is 12.0. The van der Waals surface area contributed by atoms with E-state index in [0.717, 1.165) is 19.3 Å². The van der Waals surface area contributed by atoms with Crippen LogP contribution in [0.15, 0.2) is 0 Å². The van der Waals surface area contributed by atoms with Crippen molar-refractivity contribution >= 4 is 17.7 Å². The lowest BCUT2D eigenvalue weighted by Crippen LogP contribution is -2.33. The summed E-state index contributed by atoms with van der Waals surface area (Å²) in [5, 5.41) is 8.67. The summed E-state index contributed by atoms with van der Waals surface area (Å²) >= 11 is 1.98. The Balaban J connectivity index is 2.38. The quantitative estimate of drug-likeness (QED) is 0.692. The largest absolute Gasteiger partial charge is 0.329 e. The topological polar surface area (TPSA) is 44.1 Å². The molecular weight excluding hydrogens is 220 g/mol. The highest BCUT2D eigenvalue weighted by atomic mass is 32.2. The number of hydrogen-bond acceptors (Lipinski definition) is 3. The number of amides is 1. The summed E-state index contributed by atoms with van der Waals surface area (Å²) in [7, 11) is 0. The molecule has 0 spiro atoms. The summed E-state index contributed by atoms with van der Waals surface area (Å²) in [6.45, 7) is 3.00. The molecule has 0 saturated carbocycles.